The van der Waals surface area contributed by atoms with E-state index in [4.69, 9.17) is 14.2 Å². The van der Waals surface area contributed by atoms with Gasteiger partial charge < -0.3 is 24.6 Å². The van der Waals surface area contributed by atoms with Crippen molar-refractivity contribution < 1.29 is 24.1 Å². The fourth-order valence-electron chi connectivity index (χ4n) is 5.73. The van der Waals surface area contributed by atoms with Crippen LogP contribution in [0.4, 0.5) is 0 Å². The number of hydrogen-bond donors (Lipinski definition) is 2. The zero-order valence-electron chi connectivity index (χ0n) is 25.0. The van der Waals surface area contributed by atoms with E-state index in [1.807, 2.05) is 61.7 Å². The zero-order valence-corrected chi connectivity index (χ0v) is 25.0. The maximum Gasteiger partial charge on any atom is 0.223 e. The van der Waals surface area contributed by atoms with Crippen LogP contribution in [0.2, 0.25) is 0 Å². The van der Waals surface area contributed by atoms with Gasteiger partial charge in [0.2, 0.25) is 5.91 Å². The Morgan fingerprint density at radius 1 is 0.833 bits per heavy atom. The molecule has 0 radical (unpaired) electrons. The lowest BCUT2D eigenvalue weighted by Crippen LogP contribution is -2.37. The van der Waals surface area contributed by atoms with Gasteiger partial charge in [0.25, 0.3) is 0 Å². The third-order valence-electron chi connectivity index (χ3n) is 8.25. The van der Waals surface area contributed by atoms with E-state index >= 15 is 0 Å². The van der Waals surface area contributed by atoms with Gasteiger partial charge in [-0.3, -0.25) is 4.79 Å². The van der Waals surface area contributed by atoms with Crippen LogP contribution in [0.25, 0.3) is 0 Å². The van der Waals surface area contributed by atoms with E-state index in [2.05, 4.69) is 35.6 Å². The largest absolute Gasteiger partial charge is 0.489 e. The minimum Gasteiger partial charge on any atom is -0.489 e. The minimum absolute atomic E-state index is 0.0737. The van der Waals surface area contributed by atoms with Gasteiger partial charge in [0, 0.05) is 19.6 Å². The SMILES string of the molecule is COC1CCC(c2cccc(OCc3ccccc3)c2)CC1.O=C(NCC(O)COCc1ccccc1)C1CCCC1. The number of carbonyl (C=O) groups is 1. The molecule has 1 amide bonds. The van der Waals surface area contributed by atoms with E-state index in [0.29, 0.717) is 25.2 Å². The van der Waals surface area contributed by atoms with Gasteiger partial charge in [-0.05, 0) is 73.3 Å². The molecule has 1 atom stereocenters. The molecular formula is C36H47NO5. The molecule has 0 saturated heterocycles. The number of ether oxygens (including phenoxy) is 3. The van der Waals surface area contributed by atoms with Crippen LogP contribution in [0.5, 0.6) is 5.75 Å². The molecule has 2 saturated carbocycles. The first-order chi connectivity index (χ1) is 20.6. The lowest BCUT2D eigenvalue weighted by molar-refractivity contribution is -0.125. The lowest BCUT2D eigenvalue weighted by Gasteiger charge is -2.28. The number of hydrogen-bond acceptors (Lipinski definition) is 5. The van der Waals surface area contributed by atoms with Gasteiger partial charge in [-0.25, -0.2) is 0 Å². The van der Waals surface area contributed by atoms with Crippen molar-refractivity contribution in [3.05, 3.63) is 102 Å². The Labute approximate surface area is 251 Å². The van der Waals surface area contributed by atoms with E-state index in [1.165, 1.54) is 24.0 Å². The molecule has 0 aliphatic heterocycles. The molecule has 5 rings (SSSR count). The fraction of sp³-hybridized carbons (Fsp3) is 0.472. The maximum atomic E-state index is 11.8. The second-order valence-electron chi connectivity index (χ2n) is 11.4. The van der Waals surface area contributed by atoms with Crippen LogP contribution in [-0.2, 0) is 27.5 Å². The molecule has 2 fully saturated rings. The smallest absolute Gasteiger partial charge is 0.223 e. The number of benzene rings is 3. The Kier molecular flexibility index (Phi) is 13.4. The molecular weight excluding hydrogens is 526 g/mol. The van der Waals surface area contributed by atoms with E-state index in [1.54, 1.807) is 0 Å². The van der Waals surface area contributed by atoms with Crippen LogP contribution >= 0.6 is 0 Å². The predicted molar refractivity (Wildman–Crippen MR) is 166 cm³/mol. The molecule has 6 heteroatoms. The average Bonchev–Trinajstić information content (AvgIpc) is 3.60. The van der Waals surface area contributed by atoms with E-state index < -0.39 is 6.10 Å². The minimum atomic E-state index is -0.649. The number of rotatable bonds is 12. The highest BCUT2D eigenvalue weighted by Crippen LogP contribution is 2.35. The molecule has 1 unspecified atom stereocenters. The molecule has 0 aromatic heterocycles. The predicted octanol–water partition coefficient (Wildman–Crippen LogP) is 6.81. The van der Waals surface area contributed by atoms with Crippen molar-refractivity contribution in [1.82, 2.24) is 5.32 Å². The quantitative estimate of drug-likeness (QED) is 0.249. The number of nitrogens with one attached hydrogen (secondary N) is 1. The molecule has 226 valence electrons. The molecule has 0 bridgehead atoms. The van der Waals surface area contributed by atoms with Gasteiger partial charge in [0.05, 0.1) is 25.4 Å². The van der Waals surface area contributed by atoms with Gasteiger partial charge >= 0.3 is 0 Å². The zero-order chi connectivity index (χ0) is 29.4. The summed E-state index contributed by atoms with van der Waals surface area (Å²) in [5, 5.41) is 12.6. The summed E-state index contributed by atoms with van der Waals surface area (Å²) in [5.74, 6) is 1.83. The van der Waals surface area contributed by atoms with E-state index in [9.17, 15) is 9.90 Å². The molecule has 0 heterocycles. The van der Waals surface area contributed by atoms with Crippen molar-refractivity contribution in [1.29, 1.82) is 0 Å². The van der Waals surface area contributed by atoms with Crippen molar-refractivity contribution in [3.8, 4) is 5.75 Å². The van der Waals surface area contributed by atoms with Crippen LogP contribution in [0.15, 0.2) is 84.9 Å². The van der Waals surface area contributed by atoms with Gasteiger partial charge in [0.1, 0.15) is 12.4 Å². The van der Waals surface area contributed by atoms with Crippen LogP contribution in [0.3, 0.4) is 0 Å². The van der Waals surface area contributed by atoms with Crippen LogP contribution in [-0.4, -0.2) is 43.5 Å². The van der Waals surface area contributed by atoms with Crippen LogP contribution < -0.4 is 10.1 Å². The average molecular weight is 574 g/mol. The molecule has 3 aromatic carbocycles. The molecule has 42 heavy (non-hydrogen) atoms. The van der Waals surface area contributed by atoms with Crippen molar-refractivity contribution in [3.63, 3.8) is 0 Å². The standard InChI is InChI=1S/C20H24O2.C16H23NO3/c1-21-19-12-10-17(11-13-19)18-8-5-9-20(14-18)22-15-16-6-3-2-4-7-16;18-15(10-17-16(19)14-8-4-5-9-14)12-20-11-13-6-2-1-3-7-13/h2-9,14,17,19H,10-13,15H2,1H3;1-3,6-7,14-15,18H,4-5,8-12H2,(H,17,19). The summed E-state index contributed by atoms with van der Waals surface area (Å²) in [4.78, 5) is 11.8. The van der Waals surface area contributed by atoms with Crippen molar-refractivity contribution >= 4 is 5.91 Å². The summed E-state index contributed by atoms with van der Waals surface area (Å²) in [6.07, 6.45) is 8.78. The topological polar surface area (TPSA) is 77.0 Å². The van der Waals surface area contributed by atoms with E-state index in [-0.39, 0.29) is 25.0 Å². The molecule has 2 aliphatic carbocycles. The third-order valence-corrected chi connectivity index (χ3v) is 8.25. The summed E-state index contributed by atoms with van der Waals surface area (Å²) in [6.45, 7) is 1.61. The maximum absolute atomic E-state index is 11.8. The fourth-order valence-corrected chi connectivity index (χ4v) is 5.73. The second kappa shape index (κ2) is 17.7. The van der Waals surface area contributed by atoms with Gasteiger partial charge in [0.15, 0.2) is 0 Å². The summed E-state index contributed by atoms with van der Waals surface area (Å²) >= 11 is 0. The first-order valence-electron chi connectivity index (χ1n) is 15.5. The van der Waals surface area contributed by atoms with Crippen LogP contribution in [0.1, 0.15) is 74.0 Å². The first-order valence-corrected chi connectivity index (χ1v) is 15.5. The monoisotopic (exact) mass is 573 g/mol. The Morgan fingerprint density at radius 2 is 1.48 bits per heavy atom. The van der Waals surface area contributed by atoms with Gasteiger partial charge in [-0.15, -0.1) is 0 Å². The summed E-state index contributed by atoms with van der Waals surface area (Å²) < 4.78 is 16.8. The third kappa shape index (κ3) is 10.9. The van der Waals surface area contributed by atoms with Gasteiger partial charge in [-0.2, -0.15) is 0 Å². The normalized spacial score (nSPS) is 19.4. The summed E-state index contributed by atoms with van der Waals surface area (Å²) in [7, 11) is 1.82. The number of aliphatic hydroxyl groups excluding tert-OH is 1. The van der Waals surface area contributed by atoms with E-state index in [0.717, 1.165) is 49.8 Å². The highest BCUT2D eigenvalue weighted by atomic mass is 16.5. The molecule has 2 aliphatic rings. The highest BCUT2D eigenvalue weighted by molar-refractivity contribution is 5.78. The van der Waals surface area contributed by atoms with Crippen molar-refractivity contribution in [2.45, 2.75) is 82.7 Å². The Hall–Kier alpha value is -3.19. The van der Waals surface area contributed by atoms with Crippen LogP contribution in [0, 0.1) is 5.92 Å². The Bertz CT molecular complexity index is 1160. The Balaban J connectivity index is 0.000000194. The summed E-state index contributed by atoms with van der Waals surface area (Å²) in [5.41, 5.74) is 3.68. The molecule has 3 aromatic rings. The van der Waals surface area contributed by atoms with Crippen molar-refractivity contribution in [2.75, 3.05) is 20.3 Å². The molecule has 0 spiro atoms. The lowest BCUT2D eigenvalue weighted by atomic mass is 9.83. The van der Waals surface area contributed by atoms with Crippen molar-refractivity contribution in [2.24, 2.45) is 5.92 Å². The first kappa shape index (κ1) is 31.7. The summed E-state index contributed by atoms with van der Waals surface area (Å²) in [6, 6.07) is 28.7. The number of methoxy groups -OCH3 is 1. The molecule has 6 nitrogen and oxygen atoms in total. The number of amides is 1. The molecule has 2 N–H and O–H groups in total. The second-order valence-corrected chi connectivity index (χ2v) is 11.4. The number of carbonyl (C=O) groups excluding carboxylic acids is 1. The Morgan fingerprint density at radius 3 is 2.12 bits per heavy atom. The number of aliphatic hydroxyl groups is 1. The van der Waals surface area contributed by atoms with Gasteiger partial charge in [-0.1, -0.05) is 85.6 Å². The highest BCUT2D eigenvalue weighted by Gasteiger charge is 2.23.